The molecule has 2 unspecified atom stereocenters. The number of rotatable bonds is 6. The molecule has 0 saturated carbocycles. The van der Waals surface area contributed by atoms with Crippen molar-refractivity contribution in [2.75, 3.05) is 25.5 Å². The highest BCUT2D eigenvalue weighted by Gasteiger charge is 2.34. The summed E-state index contributed by atoms with van der Waals surface area (Å²) in [5, 5.41) is 3.02. The van der Waals surface area contributed by atoms with Crippen LogP contribution < -0.4 is 10.1 Å². The Hall–Kier alpha value is -3.60. The molecule has 0 aromatic heterocycles. The number of methoxy groups -OCH3 is 1. The third-order valence-corrected chi connectivity index (χ3v) is 6.22. The van der Waals surface area contributed by atoms with Gasteiger partial charge in [-0.1, -0.05) is 66.2 Å². The number of amides is 2. The average Bonchev–Trinajstić information content (AvgIpc) is 2.84. The lowest BCUT2D eigenvalue weighted by Crippen LogP contribution is -2.47. The van der Waals surface area contributed by atoms with Crippen molar-refractivity contribution in [1.29, 1.82) is 0 Å². The van der Waals surface area contributed by atoms with Crippen LogP contribution in [0.25, 0.3) is 0 Å². The molecule has 33 heavy (non-hydrogen) atoms. The van der Waals surface area contributed by atoms with E-state index in [2.05, 4.69) is 30.4 Å². The van der Waals surface area contributed by atoms with Gasteiger partial charge in [-0.2, -0.15) is 0 Å². The van der Waals surface area contributed by atoms with Gasteiger partial charge < -0.3 is 15.0 Å². The SMILES string of the molecule is COc1cccc(NC(=O)C2CC(c3cccc(C)c3)CN(C(=O)Cc3ccccc3)C2)c1. The van der Waals surface area contributed by atoms with Crippen LogP contribution >= 0.6 is 0 Å². The van der Waals surface area contributed by atoms with Gasteiger partial charge in [0.15, 0.2) is 0 Å². The highest BCUT2D eigenvalue weighted by molar-refractivity contribution is 5.93. The third kappa shape index (κ3) is 5.80. The lowest BCUT2D eigenvalue weighted by Gasteiger charge is -2.37. The van der Waals surface area contributed by atoms with Gasteiger partial charge in [0.25, 0.3) is 0 Å². The zero-order valence-electron chi connectivity index (χ0n) is 19.2. The molecule has 0 spiro atoms. The molecule has 4 rings (SSSR count). The standard InChI is InChI=1S/C28H30N2O3/c1-20-8-6-11-22(14-20)23-16-24(28(32)29-25-12-7-13-26(17-25)33-2)19-30(18-23)27(31)15-21-9-4-3-5-10-21/h3-14,17,23-24H,15-16,18-19H2,1-2H3,(H,29,32). The molecule has 1 heterocycles. The van der Waals surface area contributed by atoms with E-state index in [1.807, 2.05) is 59.5 Å². The van der Waals surface area contributed by atoms with E-state index in [0.717, 1.165) is 5.56 Å². The van der Waals surface area contributed by atoms with Gasteiger partial charge in [0.2, 0.25) is 11.8 Å². The minimum atomic E-state index is -0.296. The lowest BCUT2D eigenvalue weighted by atomic mass is 9.83. The van der Waals surface area contributed by atoms with Gasteiger partial charge in [-0.15, -0.1) is 0 Å². The summed E-state index contributed by atoms with van der Waals surface area (Å²) in [7, 11) is 1.60. The zero-order chi connectivity index (χ0) is 23.2. The molecule has 1 aliphatic heterocycles. The van der Waals surface area contributed by atoms with E-state index in [1.165, 1.54) is 11.1 Å². The predicted molar refractivity (Wildman–Crippen MR) is 130 cm³/mol. The van der Waals surface area contributed by atoms with Crippen LogP contribution in [0.3, 0.4) is 0 Å². The van der Waals surface area contributed by atoms with Gasteiger partial charge in [-0.25, -0.2) is 0 Å². The van der Waals surface area contributed by atoms with Crippen molar-refractivity contribution in [3.05, 3.63) is 95.6 Å². The smallest absolute Gasteiger partial charge is 0.229 e. The van der Waals surface area contributed by atoms with Crippen molar-refractivity contribution in [2.24, 2.45) is 5.92 Å². The van der Waals surface area contributed by atoms with Crippen molar-refractivity contribution in [3.63, 3.8) is 0 Å². The first kappa shape index (κ1) is 22.6. The Kier molecular flexibility index (Phi) is 7.08. The van der Waals surface area contributed by atoms with Gasteiger partial charge in [0.1, 0.15) is 5.75 Å². The maximum atomic E-state index is 13.2. The summed E-state index contributed by atoms with van der Waals surface area (Å²) in [6.07, 6.45) is 1.04. The van der Waals surface area contributed by atoms with E-state index < -0.39 is 0 Å². The van der Waals surface area contributed by atoms with Gasteiger partial charge >= 0.3 is 0 Å². The summed E-state index contributed by atoms with van der Waals surface area (Å²) >= 11 is 0. The molecule has 170 valence electrons. The van der Waals surface area contributed by atoms with Crippen molar-refractivity contribution >= 4 is 17.5 Å². The molecule has 0 bridgehead atoms. The molecule has 3 aromatic rings. The largest absolute Gasteiger partial charge is 0.497 e. The van der Waals surface area contributed by atoms with Crippen LogP contribution in [0.4, 0.5) is 5.69 Å². The maximum Gasteiger partial charge on any atom is 0.229 e. The molecule has 5 heteroatoms. The Morgan fingerprint density at radius 3 is 2.52 bits per heavy atom. The first-order valence-corrected chi connectivity index (χ1v) is 11.3. The number of ether oxygens (including phenoxy) is 1. The number of carbonyl (C=O) groups is 2. The van der Waals surface area contributed by atoms with E-state index in [0.29, 0.717) is 37.4 Å². The minimum absolute atomic E-state index is 0.0535. The fourth-order valence-electron chi connectivity index (χ4n) is 4.49. The van der Waals surface area contributed by atoms with E-state index in [9.17, 15) is 9.59 Å². The number of likely N-dealkylation sites (tertiary alicyclic amines) is 1. The van der Waals surface area contributed by atoms with Crippen LogP contribution in [-0.2, 0) is 16.0 Å². The highest BCUT2D eigenvalue weighted by atomic mass is 16.5. The van der Waals surface area contributed by atoms with Gasteiger partial charge in [0, 0.05) is 30.8 Å². The van der Waals surface area contributed by atoms with E-state index >= 15 is 0 Å². The molecular formula is C28H30N2O3. The number of nitrogens with one attached hydrogen (secondary N) is 1. The average molecular weight is 443 g/mol. The molecule has 1 N–H and O–H groups in total. The van der Waals surface area contributed by atoms with Crippen molar-refractivity contribution < 1.29 is 14.3 Å². The number of nitrogens with zero attached hydrogens (tertiary/aromatic N) is 1. The molecular weight excluding hydrogens is 412 g/mol. The highest BCUT2D eigenvalue weighted by Crippen LogP contribution is 2.32. The number of benzene rings is 3. The summed E-state index contributed by atoms with van der Waals surface area (Å²) in [6.45, 7) is 3.11. The molecule has 1 saturated heterocycles. The molecule has 5 nitrogen and oxygen atoms in total. The first-order valence-electron chi connectivity index (χ1n) is 11.3. The fourth-order valence-corrected chi connectivity index (χ4v) is 4.49. The van der Waals surface area contributed by atoms with Gasteiger partial charge in [0.05, 0.1) is 19.4 Å². The van der Waals surface area contributed by atoms with Gasteiger partial charge in [-0.3, -0.25) is 9.59 Å². The Labute approximate surface area is 195 Å². The molecule has 2 atom stereocenters. The Morgan fingerprint density at radius 1 is 0.970 bits per heavy atom. The quantitative estimate of drug-likeness (QED) is 0.596. The van der Waals surface area contributed by atoms with Crippen LogP contribution in [0.2, 0.25) is 0 Å². The summed E-state index contributed by atoms with van der Waals surface area (Å²) in [5.41, 5.74) is 4.03. The number of hydrogen-bond donors (Lipinski definition) is 1. The predicted octanol–water partition coefficient (Wildman–Crippen LogP) is 4.82. The number of carbonyl (C=O) groups excluding carboxylic acids is 2. The maximum absolute atomic E-state index is 13.2. The second-order valence-corrected chi connectivity index (χ2v) is 8.73. The molecule has 2 amide bonds. The Balaban J connectivity index is 1.54. The van der Waals surface area contributed by atoms with Crippen molar-refractivity contribution in [2.45, 2.75) is 25.7 Å². The van der Waals surface area contributed by atoms with E-state index in [1.54, 1.807) is 13.2 Å². The summed E-state index contributed by atoms with van der Waals surface area (Å²) < 4.78 is 5.27. The Bertz CT molecular complexity index is 1110. The fraction of sp³-hybridized carbons (Fsp3) is 0.286. The van der Waals surface area contributed by atoms with Crippen molar-refractivity contribution in [3.8, 4) is 5.75 Å². The van der Waals surface area contributed by atoms with Crippen LogP contribution in [0, 0.1) is 12.8 Å². The van der Waals surface area contributed by atoms with Crippen LogP contribution in [-0.4, -0.2) is 36.9 Å². The minimum Gasteiger partial charge on any atom is -0.497 e. The van der Waals surface area contributed by atoms with Crippen molar-refractivity contribution in [1.82, 2.24) is 4.90 Å². The third-order valence-electron chi connectivity index (χ3n) is 6.22. The number of anilines is 1. The molecule has 1 aliphatic rings. The normalized spacial score (nSPS) is 17.9. The first-order chi connectivity index (χ1) is 16.0. The van der Waals surface area contributed by atoms with E-state index in [-0.39, 0.29) is 23.7 Å². The summed E-state index contributed by atoms with van der Waals surface area (Å²) in [6, 6.07) is 25.5. The number of piperidine rings is 1. The second kappa shape index (κ2) is 10.3. The van der Waals surface area contributed by atoms with E-state index in [4.69, 9.17) is 4.74 Å². The number of aryl methyl sites for hydroxylation is 1. The van der Waals surface area contributed by atoms with Gasteiger partial charge in [-0.05, 0) is 36.6 Å². The molecule has 0 radical (unpaired) electrons. The summed E-state index contributed by atoms with van der Waals surface area (Å²) in [5.74, 6) is 0.485. The second-order valence-electron chi connectivity index (χ2n) is 8.73. The molecule has 3 aromatic carbocycles. The zero-order valence-corrected chi connectivity index (χ0v) is 19.2. The van der Waals surface area contributed by atoms with Crippen LogP contribution in [0.15, 0.2) is 78.9 Å². The lowest BCUT2D eigenvalue weighted by molar-refractivity contribution is -0.134. The topological polar surface area (TPSA) is 58.6 Å². The van der Waals surface area contributed by atoms with Crippen LogP contribution in [0.5, 0.6) is 5.75 Å². The molecule has 0 aliphatic carbocycles. The summed E-state index contributed by atoms with van der Waals surface area (Å²) in [4.78, 5) is 28.3. The molecule has 1 fully saturated rings. The van der Waals surface area contributed by atoms with Crippen LogP contribution in [0.1, 0.15) is 29.0 Å². The Morgan fingerprint density at radius 2 is 1.76 bits per heavy atom. The number of hydrogen-bond acceptors (Lipinski definition) is 3. The monoisotopic (exact) mass is 442 g/mol.